The highest BCUT2D eigenvalue weighted by Crippen LogP contribution is 2.27. The zero-order chi connectivity index (χ0) is 12.9. The first-order valence-electron chi connectivity index (χ1n) is 6.90. The summed E-state index contributed by atoms with van der Waals surface area (Å²) in [6, 6.07) is 0.465. The highest BCUT2D eigenvalue weighted by atomic mass is 16.5. The fourth-order valence-electron chi connectivity index (χ4n) is 2.48. The second kappa shape index (κ2) is 6.72. The van der Waals surface area contributed by atoms with Gasteiger partial charge in [0.25, 0.3) is 0 Å². The summed E-state index contributed by atoms with van der Waals surface area (Å²) >= 11 is 0. The highest BCUT2D eigenvalue weighted by Gasteiger charge is 2.32. The van der Waals surface area contributed by atoms with E-state index in [2.05, 4.69) is 33.0 Å². The van der Waals surface area contributed by atoms with E-state index in [0.717, 1.165) is 26.0 Å². The standard InChI is InChI=1S/C14H29NO2/c1-6-15-12(7-9-14(3,4)16-5)13-11(2)8-10-17-13/h11-13,15H,6-10H2,1-5H3. The first-order chi connectivity index (χ1) is 8.00. The Balaban J connectivity index is 2.48. The van der Waals surface area contributed by atoms with E-state index < -0.39 is 0 Å². The molecule has 3 unspecified atom stereocenters. The van der Waals surface area contributed by atoms with Crippen molar-refractivity contribution in [2.45, 2.75) is 64.7 Å². The molecule has 17 heavy (non-hydrogen) atoms. The predicted molar refractivity (Wildman–Crippen MR) is 71.3 cm³/mol. The molecule has 1 heterocycles. The van der Waals surface area contributed by atoms with Crippen molar-refractivity contribution in [2.24, 2.45) is 5.92 Å². The van der Waals surface area contributed by atoms with Gasteiger partial charge >= 0.3 is 0 Å². The minimum atomic E-state index is -0.0322. The van der Waals surface area contributed by atoms with Crippen LogP contribution in [0.15, 0.2) is 0 Å². The number of nitrogens with one attached hydrogen (secondary N) is 1. The Morgan fingerprint density at radius 1 is 1.47 bits per heavy atom. The Labute approximate surface area is 106 Å². The molecule has 0 aromatic rings. The van der Waals surface area contributed by atoms with Crippen molar-refractivity contribution in [2.75, 3.05) is 20.3 Å². The fourth-order valence-corrected chi connectivity index (χ4v) is 2.48. The van der Waals surface area contributed by atoms with Gasteiger partial charge in [0.1, 0.15) is 0 Å². The van der Waals surface area contributed by atoms with Gasteiger partial charge in [-0.3, -0.25) is 0 Å². The molecule has 1 saturated heterocycles. The number of hydrogen-bond acceptors (Lipinski definition) is 3. The summed E-state index contributed by atoms with van der Waals surface area (Å²) in [7, 11) is 1.79. The van der Waals surface area contributed by atoms with Crippen LogP contribution in [-0.4, -0.2) is 38.0 Å². The normalized spacial score (nSPS) is 27.4. The summed E-state index contributed by atoms with van der Waals surface area (Å²) in [5.74, 6) is 0.671. The van der Waals surface area contributed by atoms with Gasteiger partial charge in [-0.15, -0.1) is 0 Å². The first-order valence-corrected chi connectivity index (χ1v) is 6.90. The van der Waals surface area contributed by atoms with Crippen LogP contribution in [-0.2, 0) is 9.47 Å². The van der Waals surface area contributed by atoms with Gasteiger partial charge in [0.15, 0.2) is 0 Å². The molecule has 0 amide bonds. The lowest BCUT2D eigenvalue weighted by molar-refractivity contribution is 0.00130. The van der Waals surface area contributed by atoms with Gasteiger partial charge in [0.05, 0.1) is 11.7 Å². The zero-order valence-electron chi connectivity index (χ0n) is 12.1. The predicted octanol–water partition coefficient (Wildman–Crippen LogP) is 2.59. The second-order valence-electron chi connectivity index (χ2n) is 5.77. The van der Waals surface area contributed by atoms with Gasteiger partial charge in [0.2, 0.25) is 0 Å². The van der Waals surface area contributed by atoms with E-state index in [9.17, 15) is 0 Å². The summed E-state index contributed by atoms with van der Waals surface area (Å²) in [5.41, 5.74) is -0.0322. The van der Waals surface area contributed by atoms with Crippen LogP contribution in [0, 0.1) is 5.92 Å². The minimum absolute atomic E-state index is 0.0322. The molecule has 102 valence electrons. The highest BCUT2D eigenvalue weighted by molar-refractivity contribution is 4.86. The average Bonchev–Trinajstić information content (AvgIpc) is 2.71. The van der Waals surface area contributed by atoms with Crippen molar-refractivity contribution in [1.29, 1.82) is 0 Å². The Bertz CT molecular complexity index is 218. The van der Waals surface area contributed by atoms with Crippen molar-refractivity contribution in [3.05, 3.63) is 0 Å². The van der Waals surface area contributed by atoms with Crippen molar-refractivity contribution in [3.8, 4) is 0 Å². The molecule has 0 radical (unpaired) electrons. The van der Waals surface area contributed by atoms with Crippen molar-refractivity contribution >= 4 is 0 Å². The molecule has 1 N–H and O–H groups in total. The summed E-state index contributed by atoms with van der Waals surface area (Å²) in [6.07, 6.45) is 3.75. The van der Waals surface area contributed by atoms with Gasteiger partial charge in [-0.1, -0.05) is 13.8 Å². The van der Waals surface area contributed by atoms with E-state index >= 15 is 0 Å². The summed E-state index contributed by atoms with van der Waals surface area (Å²) in [6.45, 7) is 10.7. The number of ether oxygens (including phenoxy) is 2. The Morgan fingerprint density at radius 3 is 2.65 bits per heavy atom. The van der Waals surface area contributed by atoms with Gasteiger partial charge in [-0.2, -0.15) is 0 Å². The summed E-state index contributed by atoms with van der Waals surface area (Å²) in [5, 5.41) is 3.57. The van der Waals surface area contributed by atoms with Gasteiger partial charge < -0.3 is 14.8 Å². The monoisotopic (exact) mass is 243 g/mol. The SMILES string of the molecule is CCNC(CCC(C)(C)OC)C1OCCC1C. The lowest BCUT2D eigenvalue weighted by atomic mass is 9.91. The topological polar surface area (TPSA) is 30.5 Å². The molecule has 1 fully saturated rings. The molecule has 3 atom stereocenters. The van der Waals surface area contributed by atoms with Crippen LogP contribution in [0.4, 0.5) is 0 Å². The first kappa shape index (κ1) is 14.9. The molecule has 1 rings (SSSR count). The fraction of sp³-hybridized carbons (Fsp3) is 1.00. The maximum Gasteiger partial charge on any atom is 0.0754 e. The minimum Gasteiger partial charge on any atom is -0.379 e. The molecule has 3 heteroatoms. The third-order valence-corrected chi connectivity index (χ3v) is 3.92. The third kappa shape index (κ3) is 4.57. The number of methoxy groups -OCH3 is 1. The average molecular weight is 243 g/mol. The van der Waals surface area contributed by atoms with Crippen LogP contribution in [0.1, 0.15) is 47.0 Å². The second-order valence-corrected chi connectivity index (χ2v) is 5.77. The molecule has 0 aromatic carbocycles. The zero-order valence-corrected chi connectivity index (χ0v) is 12.1. The number of rotatable bonds is 7. The molecule has 1 aliphatic rings. The molecule has 1 aliphatic heterocycles. The van der Waals surface area contributed by atoms with Crippen LogP contribution in [0.3, 0.4) is 0 Å². The number of hydrogen-bond donors (Lipinski definition) is 1. The molecule has 0 aliphatic carbocycles. The number of likely N-dealkylation sites (N-methyl/N-ethyl adjacent to an activating group) is 1. The van der Waals surface area contributed by atoms with E-state index in [-0.39, 0.29) is 5.60 Å². The lowest BCUT2D eigenvalue weighted by Gasteiger charge is -2.30. The molecular formula is C14H29NO2. The van der Waals surface area contributed by atoms with Gasteiger partial charge in [-0.05, 0) is 45.6 Å². The van der Waals surface area contributed by atoms with Crippen LogP contribution in [0.5, 0.6) is 0 Å². The van der Waals surface area contributed by atoms with E-state index in [4.69, 9.17) is 9.47 Å². The van der Waals surface area contributed by atoms with Crippen molar-refractivity contribution < 1.29 is 9.47 Å². The van der Waals surface area contributed by atoms with Crippen LogP contribution in [0.25, 0.3) is 0 Å². The van der Waals surface area contributed by atoms with E-state index in [1.807, 2.05) is 0 Å². The van der Waals surface area contributed by atoms with Crippen LogP contribution < -0.4 is 5.32 Å². The Morgan fingerprint density at radius 2 is 2.18 bits per heavy atom. The summed E-state index contributed by atoms with van der Waals surface area (Å²) < 4.78 is 11.4. The lowest BCUT2D eigenvalue weighted by Crippen LogP contribution is -2.43. The van der Waals surface area contributed by atoms with Gasteiger partial charge in [0, 0.05) is 19.8 Å². The smallest absolute Gasteiger partial charge is 0.0754 e. The Hall–Kier alpha value is -0.120. The van der Waals surface area contributed by atoms with E-state index in [0.29, 0.717) is 18.1 Å². The molecule has 0 aromatic heterocycles. The van der Waals surface area contributed by atoms with Crippen molar-refractivity contribution in [3.63, 3.8) is 0 Å². The summed E-state index contributed by atoms with van der Waals surface area (Å²) in [4.78, 5) is 0. The maximum atomic E-state index is 5.88. The molecular weight excluding hydrogens is 214 g/mol. The van der Waals surface area contributed by atoms with Gasteiger partial charge in [-0.25, -0.2) is 0 Å². The molecule has 0 saturated carbocycles. The quantitative estimate of drug-likeness (QED) is 0.745. The van der Waals surface area contributed by atoms with Crippen LogP contribution in [0.2, 0.25) is 0 Å². The molecule has 0 spiro atoms. The third-order valence-electron chi connectivity index (χ3n) is 3.92. The Kier molecular flexibility index (Phi) is 5.90. The van der Waals surface area contributed by atoms with Crippen LogP contribution >= 0.6 is 0 Å². The van der Waals surface area contributed by atoms with E-state index in [1.54, 1.807) is 7.11 Å². The van der Waals surface area contributed by atoms with E-state index in [1.165, 1.54) is 6.42 Å². The maximum absolute atomic E-state index is 5.88. The largest absolute Gasteiger partial charge is 0.379 e. The molecule has 3 nitrogen and oxygen atoms in total. The molecule has 0 bridgehead atoms. The van der Waals surface area contributed by atoms with Crippen molar-refractivity contribution in [1.82, 2.24) is 5.32 Å².